The third-order valence-corrected chi connectivity index (χ3v) is 3.89. The molecule has 3 atom stereocenters. The number of ether oxygens (including phenoxy) is 3. The largest absolute Gasteiger partial charge is 0.465 e. The first-order chi connectivity index (χ1) is 10.1. The van der Waals surface area contributed by atoms with Crippen molar-refractivity contribution in [3.8, 4) is 0 Å². The van der Waals surface area contributed by atoms with Gasteiger partial charge in [-0.1, -0.05) is 0 Å². The Balaban J connectivity index is 2.02. The lowest BCUT2D eigenvalue weighted by atomic mass is 9.84. The van der Waals surface area contributed by atoms with E-state index in [1.54, 1.807) is 13.2 Å². The van der Waals surface area contributed by atoms with Crippen molar-refractivity contribution < 1.29 is 19.0 Å². The van der Waals surface area contributed by atoms with E-state index >= 15 is 0 Å². The van der Waals surface area contributed by atoms with E-state index < -0.39 is 0 Å². The number of carbonyl (C=O) groups is 1. The van der Waals surface area contributed by atoms with E-state index in [9.17, 15) is 4.79 Å². The predicted molar refractivity (Wildman–Crippen MR) is 80.8 cm³/mol. The number of carbonyl (C=O) groups excluding carboxylic acids is 1. The lowest BCUT2D eigenvalue weighted by Crippen LogP contribution is -2.56. The minimum absolute atomic E-state index is 0.0598. The number of nitrogens with one attached hydrogen (secondary N) is 1. The van der Waals surface area contributed by atoms with Crippen LogP contribution in [0.1, 0.15) is 29.3 Å². The summed E-state index contributed by atoms with van der Waals surface area (Å²) >= 11 is 0. The van der Waals surface area contributed by atoms with Gasteiger partial charge in [0.05, 0.1) is 24.8 Å². The standard InChI is InChI=1S/C16H23NO4/c1-5-21-14-9-13(15(14)19-3)17-12-7-6-11(8-10(12)2)16(18)20-4/h6-8,13-15,17H,5,9H2,1-4H3. The van der Waals surface area contributed by atoms with E-state index in [1.807, 2.05) is 26.0 Å². The summed E-state index contributed by atoms with van der Waals surface area (Å²) in [5, 5.41) is 3.46. The molecule has 1 aromatic rings. The molecule has 0 spiro atoms. The summed E-state index contributed by atoms with van der Waals surface area (Å²) in [5.74, 6) is -0.320. The van der Waals surface area contributed by atoms with Crippen LogP contribution in [0, 0.1) is 6.92 Å². The smallest absolute Gasteiger partial charge is 0.337 e. The molecule has 0 bridgehead atoms. The Bertz CT molecular complexity index is 503. The van der Waals surface area contributed by atoms with Gasteiger partial charge < -0.3 is 19.5 Å². The molecule has 2 rings (SSSR count). The number of methoxy groups -OCH3 is 2. The molecule has 0 amide bonds. The Labute approximate surface area is 125 Å². The minimum Gasteiger partial charge on any atom is -0.465 e. The number of hydrogen-bond donors (Lipinski definition) is 1. The molecule has 1 aliphatic rings. The van der Waals surface area contributed by atoms with Gasteiger partial charge in [-0.05, 0) is 44.0 Å². The van der Waals surface area contributed by atoms with Gasteiger partial charge in [0.2, 0.25) is 0 Å². The molecule has 1 saturated carbocycles. The third kappa shape index (κ3) is 3.36. The first-order valence-electron chi connectivity index (χ1n) is 7.20. The van der Waals surface area contributed by atoms with Gasteiger partial charge in [0, 0.05) is 19.4 Å². The Morgan fingerprint density at radius 2 is 2.14 bits per heavy atom. The molecule has 3 unspecified atom stereocenters. The van der Waals surface area contributed by atoms with Gasteiger partial charge in [0.15, 0.2) is 0 Å². The van der Waals surface area contributed by atoms with E-state index in [0.29, 0.717) is 12.2 Å². The van der Waals surface area contributed by atoms with Crippen LogP contribution in [-0.4, -0.2) is 45.0 Å². The zero-order valence-electron chi connectivity index (χ0n) is 13.0. The fraction of sp³-hybridized carbons (Fsp3) is 0.562. The van der Waals surface area contributed by atoms with Crippen LogP contribution in [-0.2, 0) is 14.2 Å². The number of aryl methyl sites for hydroxylation is 1. The van der Waals surface area contributed by atoms with Gasteiger partial charge in [-0.15, -0.1) is 0 Å². The number of esters is 1. The Hall–Kier alpha value is -1.59. The van der Waals surface area contributed by atoms with Crippen LogP contribution >= 0.6 is 0 Å². The van der Waals surface area contributed by atoms with Crippen LogP contribution in [0.3, 0.4) is 0 Å². The van der Waals surface area contributed by atoms with Crippen molar-refractivity contribution in [2.75, 3.05) is 26.1 Å². The maximum absolute atomic E-state index is 11.5. The molecule has 1 fully saturated rings. The highest BCUT2D eigenvalue weighted by atomic mass is 16.5. The molecular weight excluding hydrogens is 270 g/mol. The van der Waals surface area contributed by atoms with Crippen molar-refractivity contribution in [3.05, 3.63) is 29.3 Å². The average Bonchev–Trinajstić information content (AvgIpc) is 2.47. The first-order valence-corrected chi connectivity index (χ1v) is 7.20. The van der Waals surface area contributed by atoms with Crippen molar-refractivity contribution in [2.24, 2.45) is 0 Å². The van der Waals surface area contributed by atoms with Crippen molar-refractivity contribution in [1.29, 1.82) is 0 Å². The molecule has 5 nitrogen and oxygen atoms in total. The van der Waals surface area contributed by atoms with Crippen LogP contribution in [0.4, 0.5) is 5.69 Å². The third-order valence-electron chi connectivity index (χ3n) is 3.89. The Morgan fingerprint density at radius 1 is 1.38 bits per heavy atom. The Morgan fingerprint density at radius 3 is 2.71 bits per heavy atom. The molecule has 21 heavy (non-hydrogen) atoms. The van der Waals surface area contributed by atoms with Gasteiger partial charge in [0.25, 0.3) is 0 Å². The van der Waals surface area contributed by atoms with E-state index in [4.69, 9.17) is 14.2 Å². The lowest BCUT2D eigenvalue weighted by Gasteiger charge is -2.44. The molecule has 116 valence electrons. The van der Waals surface area contributed by atoms with Gasteiger partial charge >= 0.3 is 5.97 Å². The van der Waals surface area contributed by atoms with Crippen LogP contribution in [0.5, 0.6) is 0 Å². The average molecular weight is 293 g/mol. The molecule has 0 saturated heterocycles. The van der Waals surface area contributed by atoms with E-state index in [-0.39, 0.29) is 24.2 Å². The van der Waals surface area contributed by atoms with Gasteiger partial charge in [-0.3, -0.25) is 0 Å². The Kier molecular flexibility index (Phi) is 5.20. The maximum Gasteiger partial charge on any atom is 0.337 e. The number of anilines is 1. The molecule has 0 heterocycles. The number of benzene rings is 1. The van der Waals surface area contributed by atoms with Crippen LogP contribution < -0.4 is 5.32 Å². The van der Waals surface area contributed by atoms with Crippen LogP contribution in [0.25, 0.3) is 0 Å². The molecule has 5 heteroatoms. The normalized spacial score (nSPS) is 24.3. The van der Waals surface area contributed by atoms with Gasteiger partial charge in [-0.2, -0.15) is 0 Å². The topological polar surface area (TPSA) is 56.8 Å². The molecule has 0 aromatic heterocycles. The van der Waals surface area contributed by atoms with Crippen molar-refractivity contribution >= 4 is 11.7 Å². The highest BCUT2D eigenvalue weighted by molar-refractivity contribution is 5.90. The lowest BCUT2D eigenvalue weighted by molar-refractivity contribution is -0.118. The number of rotatable bonds is 6. The maximum atomic E-state index is 11.5. The highest BCUT2D eigenvalue weighted by Gasteiger charge is 2.42. The van der Waals surface area contributed by atoms with Gasteiger partial charge in [0.1, 0.15) is 6.10 Å². The van der Waals surface area contributed by atoms with E-state index in [0.717, 1.165) is 17.7 Å². The summed E-state index contributed by atoms with van der Waals surface area (Å²) in [4.78, 5) is 11.5. The minimum atomic E-state index is -0.320. The quantitative estimate of drug-likeness (QED) is 0.816. The first kappa shape index (κ1) is 15.8. The molecule has 1 N–H and O–H groups in total. The second-order valence-electron chi connectivity index (χ2n) is 5.20. The fourth-order valence-electron chi connectivity index (χ4n) is 2.69. The zero-order chi connectivity index (χ0) is 15.4. The summed E-state index contributed by atoms with van der Waals surface area (Å²) in [5.41, 5.74) is 2.57. The summed E-state index contributed by atoms with van der Waals surface area (Å²) < 4.78 is 15.8. The van der Waals surface area contributed by atoms with E-state index in [1.165, 1.54) is 7.11 Å². The second kappa shape index (κ2) is 6.91. The zero-order valence-corrected chi connectivity index (χ0v) is 13.0. The van der Waals surface area contributed by atoms with Crippen LogP contribution in [0.2, 0.25) is 0 Å². The molecule has 1 aromatic carbocycles. The molecule has 0 radical (unpaired) electrons. The molecule has 0 aliphatic heterocycles. The van der Waals surface area contributed by atoms with E-state index in [2.05, 4.69) is 5.32 Å². The molecule has 1 aliphatic carbocycles. The SMILES string of the molecule is CCOC1CC(Nc2ccc(C(=O)OC)cc2C)C1OC. The summed E-state index contributed by atoms with van der Waals surface area (Å²) in [6.07, 6.45) is 1.14. The van der Waals surface area contributed by atoms with Crippen molar-refractivity contribution in [2.45, 2.75) is 38.5 Å². The summed E-state index contributed by atoms with van der Waals surface area (Å²) in [6.45, 7) is 4.66. The fourth-order valence-corrected chi connectivity index (χ4v) is 2.69. The summed E-state index contributed by atoms with van der Waals surface area (Å²) in [6, 6.07) is 5.73. The van der Waals surface area contributed by atoms with Crippen molar-refractivity contribution in [1.82, 2.24) is 0 Å². The number of hydrogen-bond acceptors (Lipinski definition) is 5. The molecular formula is C16H23NO4. The highest BCUT2D eigenvalue weighted by Crippen LogP contribution is 2.31. The monoisotopic (exact) mass is 293 g/mol. The van der Waals surface area contributed by atoms with Gasteiger partial charge in [-0.25, -0.2) is 4.79 Å². The van der Waals surface area contributed by atoms with Crippen LogP contribution in [0.15, 0.2) is 18.2 Å². The second-order valence-corrected chi connectivity index (χ2v) is 5.20. The van der Waals surface area contributed by atoms with Crippen molar-refractivity contribution in [3.63, 3.8) is 0 Å². The summed E-state index contributed by atoms with van der Waals surface area (Å²) in [7, 11) is 3.09. The predicted octanol–water partition coefficient (Wildman–Crippen LogP) is 2.39.